The van der Waals surface area contributed by atoms with Crippen molar-refractivity contribution in [2.45, 2.75) is 109 Å². The minimum atomic E-state index is -2.99. The van der Waals surface area contributed by atoms with E-state index >= 15 is 0 Å². The molecule has 0 unspecified atom stereocenters. The summed E-state index contributed by atoms with van der Waals surface area (Å²) in [5, 5.41) is 0. The minimum absolute atomic E-state index is 0.343. The lowest BCUT2D eigenvalue weighted by Crippen LogP contribution is -2.25. The molecular formula is C26H39F3O. The van der Waals surface area contributed by atoms with Crippen LogP contribution in [0, 0.1) is 23.6 Å². The highest BCUT2D eigenvalue weighted by molar-refractivity contribution is 5.31. The van der Waals surface area contributed by atoms with Crippen LogP contribution in [0.5, 0.6) is 5.75 Å². The van der Waals surface area contributed by atoms with Crippen molar-refractivity contribution in [3.63, 3.8) is 0 Å². The summed E-state index contributed by atoms with van der Waals surface area (Å²) in [6, 6.07) is 4.51. The van der Waals surface area contributed by atoms with Crippen LogP contribution in [-0.4, -0.2) is 6.61 Å². The molecule has 2 saturated carbocycles. The van der Waals surface area contributed by atoms with E-state index in [0.717, 1.165) is 36.2 Å². The first-order chi connectivity index (χ1) is 14.6. The summed E-state index contributed by atoms with van der Waals surface area (Å²) in [4.78, 5) is 0. The van der Waals surface area contributed by atoms with E-state index in [4.69, 9.17) is 0 Å². The summed E-state index contributed by atoms with van der Waals surface area (Å²) < 4.78 is 42.9. The molecular weight excluding hydrogens is 385 g/mol. The Balaban J connectivity index is 1.38. The van der Waals surface area contributed by atoms with Crippen LogP contribution in [0.15, 0.2) is 18.2 Å². The van der Waals surface area contributed by atoms with E-state index in [1.54, 1.807) is 6.07 Å². The molecule has 2 aliphatic rings. The van der Waals surface area contributed by atoms with Gasteiger partial charge in [0.1, 0.15) is 0 Å². The van der Waals surface area contributed by atoms with E-state index in [1.165, 1.54) is 89.2 Å². The summed E-state index contributed by atoms with van der Waals surface area (Å²) in [6.45, 7) is -0.717. The fourth-order valence-electron chi connectivity index (χ4n) is 5.87. The van der Waals surface area contributed by atoms with Crippen molar-refractivity contribution in [1.82, 2.24) is 0 Å². The molecule has 170 valence electrons. The summed E-state index contributed by atoms with van der Waals surface area (Å²) >= 11 is 0. The third-order valence-electron chi connectivity index (χ3n) is 7.69. The Morgan fingerprint density at radius 2 is 1.50 bits per heavy atom. The van der Waals surface area contributed by atoms with E-state index in [-0.39, 0.29) is 5.75 Å². The molecule has 0 radical (unpaired) electrons. The molecule has 4 heteroatoms. The second-order valence-electron chi connectivity index (χ2n) is 9.66. The second kappa shape index (κ2) is 12.0. The van der Waals surface area contributed by atoms with E-state index in [9.17, 15) is 13.2 Å². The van der Waals surface area contributed by atoms with Gasteiger partial charge in [0.15, 0.2) is 11.6 Å². The summed E-state index contributed by atoms with van der Waals surface area (Å²) in [7, 11) is 0. The van der Waals surface area contributed by atoms with Gasteiger partial charge in [0.05, 0.1) is 0 Å². The highest BCUT2D eigenvalue weighted by Gasteiger charge is 2.31. The third kappa shape index (κ3) is 6.92. The van der Waals surface area contributed by atoms with Crippen LogP contribution < -0.4 is 4.74 Å². The van der Waals surface area contributed by atoms with Crippen molar-refractivity contribution in [1.29, 1.82) is 0 Å². The van der Waals surface area contributed by atoms with Gasteiger partial charge >= 0.3 is 6.61 Å². The van der Waals surface area contributed by atoms with Gasteiger partial charge in [-0.05, 0) is 79.9 Å². The summed E-state index contributed by atoms with van der Waals surface area (Å²) in [5.41, 5.74) is 0.930. The molecule has 0 bridgehead atoms. The SMILES string of the molecule is CCCCCCC[C@H]1CC[C@H]([C@H]2CC[C@H](c3ccc(OC(F)F)c(F)c3)CC2)CC1. The first kappa shape index (κ1) is 23.5. The highest BCUT2D eigenvalue weighted by atomic mass is 19.3. The molecule has 2 fully saturated rings. The Bertz CT molecular complexity index is 617. The highest BCUT2D eigenvalue weighted by Crippen LogP contribution is 2.45. The average Bonchev–Trinajstić information content (AvgIpc) is 2.75. The van der Waals surface area contributed by atoms with Crippen molar-refractivity contribution in [2.24, 2.45) is 17.8 Å². The van der Waals surface area contributed by atoms with Gasteiger partial charge in [-0.1, -0.05) is 64.4 Å². The van der Waals surface area contributed by atoms with Gasteiger partial charge in [0.2, 0.25) is 0 Å². The van der Waals surface area contributed by atoms with Gasteiger partial charge in [-0.15, -0.1) is 0 Å². The number of benzene rings is 1. The van der Waals surface area contributed by atoms with Crippen LogP contribution >= 0.6 is 0 Å². The fourth-order valence-corrected chi connectivity index (χ4v) is 5.87. The molecule has 0 saturated heterocycles. The third-order valence-corrected chi connectivity index (χ3v) is 7.69. The van der Waals surface area contributed by atoms with Crippen LogP contribution in [0.2, 0.25) is 0 Å². The normalized spacial score (nSPS) is 27.4. The van der Waals surface area contributed by atoms with Crippen molar-refractivity contribution >= 4 is 0 Å². The summed E-state index contributed by atoms with van der Waals surface area (Å²) in [5.74, 6) is 1.96. The lowest BCUT2D eigenvalue weighted by molar-refractivity contribution is -0.0522. The molecule has 1 nitrogen and oxygen atoms in total. The molecule has 1 aromatic carbocycles. The molecule has 3 rings (SSSR count). The molecule has 0 aromatic heterocycles. The van der Waals surface area contributed by atoms with Crippen LogP contribution in [-0.2, 0) is 0 Å². The number of unbranched alkanes of at least 4 members (excludes halogenated alkanes) is 4. The predicted octanol–water partition coefficient (Wildman–Crippen LogP) is 8.87. The van der Waals surface area contributed by atoms with Gasteiger partial charge in [0, 0.05) is 0 Å². The first-order valence-corrected chi connectivity index (χ1v) is 12.3. The Kier molecular flexibility index (Phi) is 9.39. The van der Waals surface area contributed by atoms with Gasteiger partial charge in [-0.3, -0.25) is 0 Å². The fraction of sp³-hybridized carbons (Fsp3) is 0.769. The predicted molar refractivity (Wildman–Crippen MR) is 117 cm³/mol. The van der Waals surface area contributed by atoms with Gasteiger partial charge in [0.25, 0.3) is 0 Å². The van der Waals surface area contributed by atoms with E-state index in [0.29, 0.717) is 5.92 Å². The summed E-state index contributed by atoms with van der Waals surface area (Å²) in [6.07, 6.45) is 18.6. The van der Waals surface area contributed by atoms with Crippen LogP contribution in [0.4, 0.5) is 13.2 Å². The number of rotatable bonds is 10. The molecule has 1 aromatic rings. The Morgan fingerprint density at radius 3 is 2.10 bits per heavy atom. The number of alkyl halides is 2. The van der Waals surface area contributed by atoms with Crippen molar-refractivity contribution in [3.8, 4) is 5.75 Å². The van der Waals surface area contributed by atoms with Gasteiger partial charge in [-0.2, -0.15) is 8.78 Å². The van der Waals surface area contributed by atoms with Crippen LogP contribution in [0.3, 0.4) is 0 Å². The van der Waals surface area contributed by atoms with Crippen molar-refractivity contribution in [3.05, 3.63) is 29.6 Å². The van der Waals surface area contributed by atoms with E-state index in [1.807, 2.05) is 0 Å². The zero-order chi connectivity index (χ0) is 21.3. The van der Waals surface area contributed by atoms with E-state index < -0.39 is 12.4 Å². The number of ether oxygens (including phenoxy) is 1. The van der Waals surface area contributed by atoms with Crippen molar-refractivity contribution in [2.75, 3.05) is 0 Å². The lowest BCUT2D eigenvalue weighted by Gasteiger charge is -2.38. The lowest BCUT2D eigenvalue weighted by atomic mass is 9.68. The Morgan fingerprint density at radius 1 is 0.867 bits per heavy atom. The number of hydrogen-bond acceptors (Lipinski definition) is 1. The number of halogens is 3. The number of hydrogen-bond donors (Lipinski definition) is 0. The van der Waals surface area contributed by atoms with Gasteiger partial charge in [-0.25, -0.2) is 4.39 Å². The molecule has 0 amide bonds. The minimum Gasteiger partial charge on any atom is -0.432 e. The standard InChI is InChI=1S/C26H39F3O/c1-2-3-4-5-6-7-19-8-10-20(11-9-19)21-12-14-22(15-13-21)23-16-17-25(24(27)18-23)30-26(28)29/h16-22,26H,2-15H2,1H3/t19-,20-,21-,22-. The maximum Gasteiger partial charge on any atom is 0.387 e. The molecule has 0 N–H and O–H groups in total. The maximum atomic E-state index is 14.1. The van der Waals surface area contributed by atoms with E-state index in [2.05, 4.69) is 11.7 Å². The Labute approximate surface area is 180 Å². The quantitative estimate of drug-likeness (QED) is 0.341. The zero-order valence-electron chi connectivity index (χ0n) is 18.6. The molecule has 0 aliphatic heterocycles. The zero-order valence-corrected chi connectivity index (χ0v) is 18.6. The second-order valence-corrected chi connectivity index (χ2v) is 9.66. The molecule has 30 heavy (non-hydrogen) atoms. The smallest absolute Gasteiger partial charge is 0.387 e. The van der Waals surface area contributed by atoms with Crippen LogP contribution in [0.1, 0.15) is 108 Å². The van der Waals surface area contributed by atoms with Crippen molar-refractivity contribution < 1.29 is 17.9 Å². The average molecular weight is 425 g/mol. The maximum absolute atomic E-state index is 14.1. The van der Waals surface area contributed by atoms with Gasteiger partial charge < -0.3 is 4.74 Å². The first-order valence-electron chi connectivity index (χ1n) is 12.3. The Hall–Kier alpha value is -1.19. The molecule has 2 aliphatic carbocycles. The largest absolute Gasteiger partial charge is 0.432 e. The molecule has 0 heterocycles. The molecule has 0 atom stereocenters. The van der Waals surface area contributed by atoms with Crippen LogP contribution in [0.25, 0.3) is 0 Å². The topological polar surface area (TPSA) is 9.23 Å². The molecule has 0 spiro atoms. The monoisotopic (exact) mass is 424 g/mol.